The summed E-state index contributed by atoms with van der Waals surface area (Å²) in [6.07, 6.45) is 2.47. The summed E-state index contributed by atoms with van der Waals surface area (Å²) in [6.45, 7) is 0.624. The summed E-state index contributed by atoms with van der Waals surface area (Å²) in [5, 5.41) is 17.6. The van der Waals surface area contributed by atoms with Gasteiger partial charge in [-0.1, -0.05) is 12.1 Å². The van der Waals surface area contributed by atoms with Gasteiger partial charge in [0.05, 0.1) is 23.9 Å². The van der Waals surface area contributed by atoms with Crippen LogP contribution in [0.15, 0.2) is 42.5 Å². The van der Waals surface area contributed by atoms with Gasteiger partial charge in [0.2, 0.25) is 0 Å². The molecule has 0 radical (unpaired) electrons. The Kier molecular flexibility index (Phi) is 5.18. The molecule has 4 rings (SSSR count). The Labute approximate surface area is 167 Å². The number of hydrogen-bond donors (Lipinski definition) is 2. The van der Waals surface area contributed by atoms with E-state index in [0.29, 0.717) is 34.4 Å². The first-order chi connectivity index (χ1) is 14.1. The van der Waals surface area contributed by atoms with Crippen LogP contribution >= 0.6 is 0 Å². The first-order valence-corrected chi connectivity index (χ1v) is 9.40. The zero-order valence-corrected chi connectivity index (χ0v) is 15.9. The zero-order valence-electron chi connectivity index (χ0n) is 15.9. The zero-order chi connectivity index (χ0) is 20.4. The number of aromatic nitrogens is 2. The van der Waals surface area contributed by atoms with Crippen molar-refractivity contribution in [1.82, 2.24) is 9.78 Å². The molecule has 0 amide bonds. The Balaban J connectivity index is 1.76. The molecule has 1 aliphatic rings. The third kappa shape index (κ3) is 3.66. The summed E-state index contributed by atoms with van der Waals surface area (Å²) in [6, 6.07) is 12.3. The number of esters is 1. The molecule has 1 unspecified atom stereocenters. The highest BCUT2D eigenvalue weighted by atomic mass is 16.5. The number of aromatic carboxylic acids is 1. The van der Waals surface area contributed by atoms with Crippen LogP contribution in [0.25, 0.3) is 10.9 Å². The maximum Gasteiger partial charge on any atom is 0.357 e. The second-order valence-corrected chi connectivity index (χ2v) is 6.81. The number of benzene rings is 2. The SMILES string of the molecule is COC(=O)c1ccccc1Nc1ccc2c(C(=O)O)nn(C3CCCCO3)c2c1. The Morgan fingerprint density at radius 2 is 2.07 bits per heavy atom. The molecule has 29 heavy (non-hydrogen) atoms. The van der Waals surface area contributed by atoms with E-state index < -0.39 is 11.9 Å². The van der Waals surface area contributed by atoms with Crippen LogP contribution in [0.5, 0.6) is 0 Å². The van der Waals surface area contributed by atoms with Gasteiger partial charge in [-0.05, 0) is 49.6 Å². The quantitative estimate of drug-likeness (QED) is 0.630. The molecule has 150 valence electrons. The molecule has 0 saturated carbocycles. The topological polar surface area (TPSA) is 103 Å². The summed E-state index contributed by atoms with van der Waals surface area (Å²) >= 11 is 0. The number of carboxylic acids is 1. The van der Waals surface area contributed by atoms with E-state index >= 15 is 0 Å². The van der Waals surface area contributed by atoms with Crippen LogP contribution in [-0.2, 0) is 9.47 Å². The predicted octanol–water partition coefficient (Wildman–Crippen LogP) is 3.96. The molecule has 0 spiro atoms. The number of carbonyl (C=O) groups is 2. The first kappa shape index (κ1) is 18.9. The lowest BCUT2D eigenvalue weighted by Gasteiger charge is -2.23. The fourth-order valence-electron chi connectivity index (χ4n) is 3.54. The molecule has 0 aliphatic carbocycles. The van der Waals surface area contributed by atoms with Crippen molar-refractivity contribution in [2.75, 3.05) is 19.0 Å². The van der Waals surface area contributed by atoms with Gasteiger partial charge in [0.1, 0.15) is 0 Å². The van der Waals surface area contributed by atoms with Gasteiger partial charge < -0.3 is 19.9 Å². The van der Waals surface area contributed by atoms with E-state index in [2.05, 4.69) is 10.4 Å². The third-order valence-corrected chi connectivity index (χ3v) is 4.95. The standard InChI is InChI=1S/C21H21N3O5/c1-28-21(27)14-6-2-3-7-16(14)22-13-9-10-15-17(12-13)24(23-19(15)20(25)26)18-8-4-5-11-29-18/h2-3,6-7,9-10,12,18,22H,4-5,8,11H2,1H3,(H,25,26). The Morgan fingerprint density at radius 3 is 2.79 bits per heavy atom. The van der Waals surface area contributed by atoms with Gasteiger partial charge in [-0.25, -0.2) is 14.3 Å². The fourth-order valence-corrected chi connectivity index (χ4v) is 3.54. The second-order valence-electron chi connectivity index (χ2n) is 6.81. The van der Waals surface area contributed by atoms with Gasteiger partial charge in [-0.3, -0.25) is 0 Å². The number of fused-ring (bicyclic) bond motifs is 1. The number of para-hydroxylation sites is 1. The molecular weight excluding hydrogens is 374 g/mol. The highest BCUT2D eigenvalue weighted by molar-refractivity contribution is 6.02. The maximum absolute atomic E-state index is 12.0. The molecule has 2 aromatic carbocycles. The van der Waals surface area contributed by atoms with E-state index in [-0.39, 0.29) is 11.9 Å². The van der Waals surface area contributed by atoms with Gasteiger partial charge in [0.25, 0.3) is 0 Å². The Morgan fingerprint density at radius 1 is 1.24 bits per heavy atom. The lowest BCUT2D eigenvalue weighted by Crippen LogP contribution is -2.19. The van der Waals surface area contributed by atoms with Crippen molar-refractivity contribution in [3.8, 4) is 0 Å². The third-order valence-electron chi connectivity index (χ3n) is 4.95. The number of methoxy groups -OCH3 is 1. The average Bonchev–Trinajstić information content (AvgIpc) is 3.13. The molecule has 1 saturated heterocycles. The van der Waals surface area contributed by atoms with Crippen molar-refractivity contribution < 1.29 is 24.2 Å². The monoisotopic (exact) mass is 395 g/mol. The fraction of sp³-hybridized carbons (Fsp3) is 0.286. The number of carboxylic acid groups (broad SMARTS) is 1. The average molecular weight is 395 g/mol. The normalized spacial score (nSPS) is 16.5. The van der Waals surface area contributed by atoms with Crippen LogP contribution in [0.1, 0.15) is 46.3 Å². The number of nitrogens with zero attached hydrogens (tertiary/aromatic N) is 2. The number of carbonyl (C=O) groups excluding carboxylic acids is 1. The molecule has 2 heterocycles. The molecule has 2 N–H and O–H groups in total. The summed E-state index contributed by atoms with van der Waals surface area (Å²) in [7, 11) is 1.33. The molecule has 8 heteroatoms. The van der Waals surface area contributed by atoms with E-state index in [1.165, 1.54) is 7.11 Å². The van der Waals surface area contributed by atoms with E-state index in [9.17, 15) is 14.7 Å². The second kappa shape index (κ2) is 7.92. The molecule has 1 aliphatic heterocycles. The summed E-state index contributed by atoms with van der Waals surface area (Å²) < 4.78 is 12.3. The summed E-state index contributed by atoms with van der Waals surface area (Å²) in [4.78, 5) is 23.7. The first-order valence-electron chi connectivity index (χ1n) is 9.40. The van der Waals surface area contributed by atoms with Gasteiger partial charge >= 0.3 is 11.9 Å². The van der Waals surface area contributed by atoms with E-state index in [1.807, 2.05) is 12.1 Å². The summed E-state index contributed by atoms with van der Waals surface area (Å²) in [5.74, 6) is -1.52. The number of nitrogens with one attached hydrogen (secondary N) is 1. The van der Waals surface area contributed by atoms with Crippen molar-refractivity contribution in [1.29, 1.82) is 0 Å². The highest BCUT2D eigenvalue weighted by Gasteiger charge is 2.24. The van der Waals surface area contributed by atoms with Gasteiger partial charge in [0.15, 0.2) is 11.9 Å². The minimum atomic E-state index is -1.08. The maximum atomic E-state index is 12.0. The lowest BCUT2D eigenvalue weighted by atomic mass is 10.1. The van der Waals surface area contributed by atoms with E-state index in [1.54, 1.807) is 35.0 Å². The van der Waals surface area contributed by atoms with Crippen LogP contribution in [0, 0.1) is 0 Å². The number of rotatable bonds is 5. The molecule has 8 nitrogen and oxygen atoms in total. The Hall–Kier alpha value is -3.39. The highest BCUT2D eigenvalue weighted by Crippen LogP contribution is 2.31. The van der Waals surface area contributed by atoms with Crippen LogP contribution < -0.4 is 5.32 Å². The van der Waals surface area contributed by atoms with Crippen LogP contribution in [-0.4, -0.2) is 40.5 Å². The molecule has 1 aromatic heterocycles. The molecule has 3 aromatic rings. The van der Waals surface area contributed by atoms with Crippen LogP contribution in [0.3, 0.4) is 0 Å². The predicted molar refractivity (Wildman–Crippen MR) is 107 cm³/mol. The van der Waals surface area contributed by atoms with E-state index in [4.69, 9.17) is 9.47 Å². The van der Waals surface area contributed by atoms with Gasteiger partial charge in [-0.2, -0.15) is 5.10 Å². The van der Waals surface area contributed by atoms with Crippen molar-refractivity contribution >= 4 is 34.2 Å². The largest absolute Gasteiger partial charge is 0.476 e. The van der Waals surface area contributed by atoms with Crippen molar-refractivity contribution in [3.63, 3.8) is 0 Å². The van der Waals surface area contributed by atoms with Crippen molar-refractivity contribution in [3.05, 3.63) is 53.7 Å². The minimum absolute atomic E-state index is 0.00400. The van der Waals surface area contributed by atoms with Crippen LogP contribution in [0.2, 0.25) is 0 Å². The number of anilines is 2. The molecule has 1 fully saturated rings. The number of hydrogen-bond acceptors (Lipinski definition) is 6. The minimum Gasteiger partial charge on any atom is -0.476 e. The van der Waals surface area contributed by atoms with Gasteiger partial charge in [-0.15, -0.1) is 0 Å². The van der Waals surface area contributed by atoms with E-state index in [0.717, 1.165) is 19.3 Å². The molecular formula is C21H21N3O5. The smallest absolute Gasteiger partial charge is 0.357 e. The van der Waals surface area contributed by atoms with Crippen molar-refractivity contribution in [2.24, 2.45) is 0 Å². The van der Waals surface area contributed by atoms with Crippen molar-refractivity contribution in [2.45, 2.75) is 25.5 Å². The Bertz CT molecular complexity index is 1070. The molecule has 0 bridgehead atoms. The van der Waals surface area contributed by atoms with Gasteiger partial charge in [0, 0.05) is 17.7 Å². The summed E-state index contributed by atoms with van der Waals surface area (Å²) in [5.41, 5.74) is 2.36. The van der Waals surface area contributed by atoms with Crippen LogP contribution in [0.4, 0.5) is 11.4 Å². The number of ether oxygens (including phenoxy) is 2. The molecule has 1 atom stereocenters. The lowest BCUT2D eigenvalue weighted by molar-refractivity contribution is -0.0368.